The third kappa shape index (κ3) is 33.2. The molecule has 4 saturated carbocycles. The second kappa shape index (κ2) is 43.1. The van der Waals surface area contributed by atoms with E-state index in [-0.39, 0.29) is 72.2 Å². The highest BCUT2D eigenvalue weighted by atomic mass is 16.3. The lowest BCUT2D eigenvalue weighted by atomic mass is 9.93. The van der Waals surface area contributed by atoms with Crippen molar-refractivity contribution >= 4 is 23.6 Å². The Kier molecular flexibility index (Phi) is 35.6. The van der Waals surface area contributed by atoms with Gasteiger partial charge in [-0.3, -0.25) is 29.1 Å². The van der Waals surface area contributed by atoms with Crippen molar-refractivity contribution in [2.45, 2.75) is 280 Å². The Morgan fingerprint density at radius 2 is 0.560 bits per heavy atom. The zero-order valence-electron chi connectivity index (χ0n) is 50.8. The lowest BCUT2D eigenvalue weighted by molar-refractivity contribution is -0.123. The lowest BCUT2D eigenvalue weighted by Crippen LogP contribution is -2.38. The van der Waals surface area contributed by atoms with Crippen LogP contribution < -0.4 is 21.3 Å². The van der Waals surface area contributed by atoms with Gasteiger partial charge in [0.2, 0.25) is 23.6 Å². The molecule has 14 nitrogen and oxygen atoms in total. The molecule has 464 valence electrons. The Hall–Kier alpha value is -5.54. The molecule has 2 aromatic heterocycles. The van der Waals surface area contributed by atoms with E-state index < -0.39 is 0 Å². The number of aliphatic hydroxyl groups excluding tert-OH is 4. The third-order valence-corrected chi connectivity index (χ3v) is 16.8. The molecule has 4 aromatic rings. The second-order valence-electron chi connectivity index (χ2n) is 24.1. The van der Waals surface area contributed by atoms with Gasteiger partial charge in [-0.05, 0) is 215 Å². The molecule has 8 rings (SSSR count). The van der Waals surface area contributed by atoms with Crippen molar-refractivity contribution in [1.82, 2.24) is 31.2 Å². The number of rotatable bonds is 28. The number of hydrogen-bond donors (Lipinski definition) is 8. The number of unbranched alkanes of at least 4 members (excludes halogenated alkanes) is 8. The van der Waals surface area contributed by atoms with E-state index in [0.29, 0.717) is 25.7 Å². The van der Waals surface area contributed by atoms with Gasteiger partial charge in [-0.15, -0.1) is 0 Å². The van der Waals surface area contributed by atoms with Crippen molar-refractivity contribution in [2.24, 2.45) is 0 Å². The van der Waals surface area contributed by atoms with Crippen molar-refractivity contribution in [3.8, 4) is 0 Å². The highest BCUT2D eigenvalue weighted by molar-refractivity contribution is 5.77. The minimum Gasteiger partial charge on any atom is -0.393 e. The normalized spacial score (nSPS) is 22.0. The summed E-state index contributed by atoms with van der Waals surface area (Å²) in [5, 5.41) is 50.1. The number of benzene rings is 2. The van der Waals surface area contributed by atoms with Crippen LogP contribution in [-0.4, -0.2) is 103 Å². The molecule has 0 aliphatic heterocycles. The number of aliphatic hydroxyl groups is 4. The summed E-state index contributed by atoms with van der Waals surface area (Å²) < 4.78 is 0. The van der Waals surface area contributed by atoms with Gasteiger partial charge in [0.15, 0.2) is 0 Å². The Morgan fingerprint density at radius 1 is 0.310 bits per heavy atom. The van der Waals surface area contributed by atoms with E-state index >= 15 is 0 Å². The number of hydrogen-bond acceptors (Lipinski definition) is 10. The minimum atomic E-state index is -0.162. The summed E-state index contributed by atoms with van der Waals surface area (Å²) in [5.74, 6) is 0.677. The molecule has 14 heteroatoms. The smallest absolute Gasteiger partial charge is 0.220 e. The summed E-state index contributed by atoms with van der Waals surface area (Å²) >= 11 is 0. The van der Waals surface area contributed by atoms with E-state index in [9.17, 15) is 39.6 Å². The summed E-state index contributed by atoms with van der Waals surface area (Å²) in [6.45, 7) is 0. The zero-order chi connectivity index (χ0) is 59.7. The second-order valence-corrected chi connectivity index (χ2v) is 24.1. The Bertz CT molecular complexity index is 1980. The molecule has 4 aliphatic carbocycles. The molecule has 84 heavy (non-hydrogen) atoms. The molecule has 0 saturated heterocycles. The van der Waals surface area contributed by atoms with Gasteiger partial charge in [0, 0.05) is 73.6 Å². The first kappa shape index (κ1) is 69.2. The first-order valence-electron chi connectivity index (χ1n) is 32.7. The Balaban J connectivity index is 0.000000205. The number of carbonyl (C=O) groups excluding carboxylic acids is 4. The van der Waals surface area contributed by atoms with Crippen LogP contribution >= 0.6 is 0 Å². The molecule has 8 N–H and O–H groups in total. The fourth-order valence-corrected chi connectivity index (χ4v) is 11.6. The van der Waals surface area contributed by atoms with E-state index in [0.717, 1.165) is 217 Å². The van der Waals surface area contributed by atoms with Crippen molar-refractivity contribution in [3.05, 3.63) is 132 Å². The lowest BCUT2D eigenvalue weighted by Gasteiger charge is -2.26. The zero-order valence-corrected chi connectivity index (χ0v) is 50.8. The molecular formula is C70H106N6O8. The number of aryl methyl sites for hydroxylation is 4. The van der Waals surface area contributed by atoms with Crippen LogP contribution in [0, 0.1) is 0 Å². The van der Waals surface area contributed by atoms with Crippen LogP contribution in [0.1, 0.15) is 228 Å². The molecule has 0 atom stereocenters. The number of nitrogens with zero attached hydrogens (tertiary/aromatic N) is 2. The Labute approximate surface area is 504 Å². The van der Waals surface area contributed by atoms with Gasteiger partial charge in [-0.2, -0.15) is 0 Å². The van der Waals surface area contributed by atoms with Crippen LogP contribution in [0.25, 0.3) is 0 Å². The minimum absolute atomic E-state index is 0.156. The van der Waals surface area contributed by atoms with Crippen LogP contribution in [0.2, 0.25) is 0 Å². The highest BCUT2D eigenvalue weighted by Gasteiger charge is 2.24. The Morgan fingerprint density at radius 3 is 0.810 bits per heavy atom. The molecule has 4 fully saturated rings. The van der Waals surface area contributed by atoms with Crippen LogP contribution in [0.5, 0.6) is 0 Å². The SMILES string of the molecule is O=C(CCCCCc1ccccc1)NC1CCC(O)CC1.O=C(CCCCCc1ccccc1)NC1CCC(O)CC1.O=C(CCCCCc1ccccn1)NC1CCC(O)CC1.O=C(CCCCCc1ccccn1)NC1CCC(O)CC1. The molecular weight excluding hydrogens is 1050 g/mol. The molecule has 4 amide bonds. The summed E-state index contributed by atoms with van der Waals surface area (Å²) in [6, 6.07) is 34.1. The molecule has 0 bridgehead atoms. The van der Waals surface area contributed by atoms with E-state index in [2.05, 4.69) is 79.8 Å². The van der Waals surface area contributed by atoms with Gasteiger partial charge >= 0.3 is 0 Å². The van der Waals surface area contributed by atoms with Gasteiger partial charge in [-0.25, -0.2) is 0 Å². The van der Waals surface area contributed by atoms with E-state index in [1.807, 2.05) is 60.9 Å². The van der Waals surface area contributed by atoms with Gasteiger partial charge in [0.05, 0.1) is 24.4 Å². The number of carbonyl (C=O) groups is 4. The van der Waals surface area contributed by atoms with Gasteiger partial charge in [0.25, 0.3) is 0 Å². The number of pyridine rings is 2. The predicted octanol–water partition coefficient (Wildman–Crippen LogP) is 11.6. The summed E-state index contributed by atoms with van der Waals surface area (Å²) in [7, 11) is 0. The topological polar surface area (TPSA) is 223 Å². The van der Waals surface area contributed by atoms with E-state index in [4.69, 9.17) is 0 Å². The summed E-state index contributed by atoms with van der Waals surface area (Å²) in [6.07, 6.45) is 36.1. The summed E-state index contributed by atoms with van der Waals surface area (Å²) in [5.41, 5.74) is 5.01. The van der Waals surface area contributed by atoms with Crippen molar-refractivity contribution in [2.75, 3.05) is 0 Å². The molecule has 4 aliphatic rings. The average molecular weight is 1160 g/mol. The molecule has 0 unspecified atom stereocenters. The molecule has 2 aromatic carbocycles. The first-order chi connectivity index (χ1) is 40.9. The average Bonchev–Trinajstić information content (AvgIpc) is 3.51. The number of aromatic nitrogens is 2. The van der Waals surface area contributed by atoms with Crippen LogP contribution in [-0.2, 0) is 44.9 Å². The van der Waals surface area contributed by atoms with Crippen LogP contribution in [0.15, 0.2) is 109 Å². The predicted molar refractivity (Wildman–Crippen MR) is 336 cm³/mol. The van der Waals surface area contributed by atoms with E-state index in [1.165, 1.54) is 11.1 Å². The van der Waals surface area contributed by atoms with Crippen molar-refractivity contribution in [3.63, 3.8) is 0 Å². The maximum atomic E-state index is 11.9. The quantitative estimate of drug-likeness (QED) is 0.0251. The fraction of sp³-hybridized carbons (Fsp3) is 0.629. The van der Waals surface area contributed by atoms with Gasteiger partial charge < -0.3 is 41.7 Å². The largest absolute Gasteiger partial charge is 0.393 e. The maximum absolute atomic E-state index is 11.9. The van der Waals surface area contributed by atoms with Gasteiger partial charge in [-0.1, -0.05) is 98.5 Å². The molecule has 2 heterocycles. The third-order valence-electron chi connectivity index (χ3n) is 16.8. The monoisotopic (exact) mass is 1160 g/mol. The molecule has 0 spiro atoms. The number of nitrogens with one attached hydrogen (secondary N) is 4. The van der Waals surface area contributed by atoms with Crippen molar-refractivity contribution < 1.29 is 39.6 Å². The highest BCUT2D eigenvalue weighted by Crippen LogP contribution is 2.22. The maximum Gasteiger partial charge on any atom is 0.220 e. The number of amides is 4. The first-order valence-corrected chi connectivity index (χ1v) is 32.7. The standard InChI is InChI=1S/2C18H27NO2.2C17H26N2O2/c2*20-17-13-11-16(12-14-17)19-18(21)10-6-2-5-9-15-7-3-1-4-8-15;2*20-16-11-9-15(10-12-16)19-17(21)8-3-1-2-6-14-7-4-5-13-18-14/h2*1,3-4,7-8,16-17,20H,2,5-6,9-14H2,(H,19,21);2*4-5,7,13,15-16,20H,1-3,6,8-12H2,(H,19,21). The van der Waals surface area contributed by atoms with E-state index in [1.54, 1.807) is 0 Å². The van der Waals surface area contributed by atoms with Crippen LogP contribution in [0.3, 0.4) is 0 Å². The fourth-order valence-electron chi connectivity index (χ4n) is 11.6. The summed E-state index contributed by atoms with van der Waals surface area (Å²) in [4.78, 5) is 56.0. The van der Waals surface area contributed by atoms with Crippen LogP contribution in [0.4, 0.5) is 0 Å². The molecule has 0 radical (unpaired) electrons. The van der Waals surface area contributed by atoms with Crippen molar-refractivity contribution in [1.29, 1.82) is 0 Å². The van der Waals surface area contributed by atoms with Gasteiger partial charge in [0.1, 0.15) is 0 Å².